The first kappa shape index (κ1) is 23.5. The first-order chi connectivity index (χ1) is 13.9. The summed E-state index contributed by atoms with van der Waals surface area (Å²) < 4.78 is 72.6. The fourth-order valence-corrected chi connectivity index (χ4v) is 5.46. The highest BCUT2D eigenvalue weighted by Gasteiger charge is 2.43. The van der Waals surface area contributed by atoms with Crippen molar-refractivity contribution in [1.82, 2.24) is 0 Å². The molecule has 160 valence electrons. The van der Waals surface area contributed by atoms with Crippen LogP contribution in [-0.4, -0.2) is 28.6 Å². The van der Waals surface area contributed by atoms with Gasteiger partial charge in [-0.1, -0.05) is 45.0 Å². The summed E-state index contributed by atoms with van der Waals surface area (Å²) in [5.41, 5.74) is -0.160. The van der Waals surface area contributed by atoms with Crippen LogP contribution >= 0.6 is 0 Å². The number of benzene rings is 2. The lowest BCUT2D eigenvalue weighted by Crippen LogP contribution is -2.57. The van der Waals surface area contributed by atoms with Crippen LogP contribution in [0.1, 0.15) is 40.0 Å². The van der Waals surface area contributed by atoms with E-state index in [0.29, 0.717) is 31.1 Å². The Bertz CT molecular complexity index is 778. The summed E-state index contributed by atoms with van der Waals surface area (Å²) in [7, 11) is -3.20. The van der Waals surface area contributed by atoms with E-state index in [9.17, 15) is 17.6 Å². The van der Waals surface area contributed by atoms with E-state index in [1.54, 1.807) is 12.1 Å². The van der Waals surface area contributed by atoms with Crippen molar-refractivity contribution in [1.29, 1.82) is 0 Å². The molecule has 0 aromatic heterocycles. The lowest BCUT2D eigenvalue weighted by atomic mass is 10.0. The minimum atomic E-state index is -3.20. The van der Waals surface area contributed by atoms with Gasteiger partial charge in [0.05, 0.1) is 0 Å². The largest absolute Gasteiger partial charge is 0.537 e. The van der Waals surface area contributed by atoms with Gasteiger partial charge in [0.15, 0.2) is 23.3 Å². The van der Waals surface area contributed by atoms with E-state index in [1.165, 1.54) is 12.1 Å². The Balaban J connectivity index is 2.44. The molecule has 0 N–H and O–H groups in total. The van der Waals surface area contributed by atoms with Crippen LogP contribution in [0, 0.1) is 23.3 Å². The zero-order valence-corrected chi connectivity index (χ0v) is 17.9. The van der Waals surface area contributed by atoms with Gasteiger partial charge in [0, 0.05) is 30.6 Å². The summed E-state index contributed by atoms with van der Waals surface area (Å²) in [4.78, 5) is 0. The quantitative estimate of drug-likeness (QED) is 0.209. The molecule has 0 aliphatic rings. The van der Waals surface area contributed by atoms with Crippen LogP contribution in [0.2, 0.25) is 0 Å². The van der Waals surface area contributed by atoms with E-state index in [0.717, 1.165) is 19.3 Å². The van der Waals surface area contributed by atoms with Gasteiger partial charge in [-0.15, -0.1) is 0 Å². The van der Waals surface area contributed by atoms with Crippen molar-refractivity contribution in [2.75, 3.05) is 19.8 Å². The number of hydrogen-bond donors (Lipinski definition) is 0. The molecular weight excluding hydrogens is 404 g/mol. The Hall–Kier alpha value is -1.74. The van der Waals surface area contributed by atoms with Crippen molar-refractivity contribution in [3.8, 4) is 11.1 Å². The van der Waals surface area contributed by atoms with Crippen molar-refractivity contribution in [3.05, 3.63) is 53.6 Å². The minimum absolute atomic E-state index is 0.202. The Morgan fingerprint density at radius 3 is 1.62 bits per heavy atom. The normalized spacial score (nSPS) is 11.8. The monoisotopic (exact) mass is 430 g/mol. The van der Waals surface area contributed by atoms with Crippen LogP contribution in [0.25, 0.3) is 11.1 Å². The van der Waals surface area contributed by atoms with Gasteiger partial charge < -0.3 is 13.3 Å². The summed E-state index contributed by atoms with van der Waals surface area (Å²) in [6.45, 7) is 7.27. The fourth-order valence-electron chi connectivity index (χ4n) is 2.72. The molecule has 0 atom stereocenters. The zero-order chi connectivity index (χ0) is 21.4. The van der Waals surface area contributed by atoms with Crippen LogP contribution in [0.15, 0.2) is 30.3 Å². The summed E-state index contributed by atoms with van der Waals surface area (Å²) in [5, 5.41) is 0.667. The van der Waals surface area contributed by atoms with Crippen LogP contribution in [0.5, 0.6) is 0 Å². The predicted molar refractivity (Wildman–Crippen MR) is 106 cm³/mol. The molecule has 0 aliphatic heterocycles. The van der Waals surface area contributed by atoms with E-state index in [-0.39, 0.29) is 11.1 Å². The summed E-state index contributed by atoms with van der Waals surface area (Å²) >= 11 is 0. The third-order valence-corrected chi connectivity index (χ3v) is 6.93. The van der Waals surface area contributed by atoms with Crippen molar-refractivity contribution in [2.45, 2.75) is 40.0 Å². The van der Waals surface area contributed by atoms with Crippen molar-refractivity contribution >= 4 is 14.0 Å². The molecule has 3 nitrogen and oxygen atoms in total. The maximum absolute atomic E-state index is 14.1. The first-order valence-corrected chi connectivity index (χ1v) is 11.5. The lowest BCUT2D eigenvalue weighted by molar-refractivity contribution is 0.0732. The van der Waals surface area contributed by atoms with Crippen LogP contribution in [-0.2, 0) is 13.3 Å². The summed E-state index contributed by atoms with van der Waals surface area (Å²) in [5.74, 6) is -6.55. The second-order valence-electron chi connectivity index (χ2n) is 6.53. The van der Waals surface area contributed by atoms with E-state index in [4.69, 9.17) is 13.3 Å². The molecule has 0 fully saturated rings. The molecule has 0 amide bonds. The second-order valence-corrected chi connectivity index (χ2v) is 9.08. The van der Waals surface area contributed by atoms with Crippen LogP contribution < -0.4 is 5.19 Å². The summed E-state index contributed by atoms with van der Waals surface area (Å²) in [6, 6.07) is 6.91. The predicted octanol–water partition coefficient (Wildman–Crippen LogP) is 5.34. The molecular formula is C21H26F4O3Si. The van der Waals surface area contributed by atoms with Gasteiger partial charge in [-0.05, 0) is 30.9 Å². The molecule has 0 saturated carbocycles. The van der Waals surface area contributed by atoms with E-state index in [2.05, 4.69) is 0 Å². The smallest absolute Gasteiger partial charge is 0.370 e. The average Bonchev–Trinajstić information content (AvgIpc) is 2.75. The molecule has 0 bridgehead atoms. The molecule has 0 radical (unpaired) electrons. The SMILES string of the molecule is CCCO[Si](OCCC)(OCCC)c1ccc(-c2cc(F)c(F)c(F)c2F)cc1. The van der Waals surface area contributed by atoms with E-state index < -0.39 is 32.1 Å². The third kappa shape index (κ3) is 5.45. The van der Waals surface area contributed by atoms with E-state index >= 15 is 0 Å². The van der Waals surface area contributed by atoms with Crippen LogP contribution in [0.3, 0.4) is 0 Å². The maximum Gasteiger partial charge on any atom is 0.537 e. The van der Waals surface area contributed by atoms with Crippen molar-refractivity contribution in [2.24, 2.45) is 0 Å². The van der Waals surface area contributed by atoms with E-state index in [1.807, 2.05) is 20.8 Å². The van der Waals surface area contributed by atoms with Gasteiger partial charge in [0.25, 0.3) is 0 Å². The summed E-state index contributed by atoms with van der Waals surface area (Å²) in [6.07, 6.45) is 2.32. The van der Waals surface area contributed by atoms with Crippen molar-refractivity contribution < 1.29 is 30.8 Å². The molecule has 2 aromatic carbocycles. The zero-order valence-electron chi connectivity index (χ0n) is 16.9. The van der Waals surface area contributed by atoms with Crippen molar-refractivity contribution in [3.63, 3.8) is 0 Å². The van der Waals surface area contributed by atoms with Gasteiger partial charge in [-0.2, -0.15) is 0 Å². The highest BCUT2D eigenvalue weighted by Crippen LogP contribution is 2.28. The number of halogens is 4. The fraction of sp³-hybridized carbons (Fsp3) is 0.429. The number of hydrogen-bond acceptors (Lipinski definition) is 3. The molecule has 8 heteroatoms. The molecule has 0 unspecified atom stereocenters. The molecule has 0 spiro atoms. The maximum atomic E-state index is 14.1. The molecule has 0 aliphatic carbocycles. The highest BCUT2D eigenvalue weighted by atomic mass is 28.4. The van der Waals surface area contributed by atoms with Gasteiger partial charge in [-0.25, -0.2) is 17.6 Å². The van der Waals surface area contributed by atoms with Crippen LogP contribution in [0.4, 0.5) is 17.6 Å². The molecule has 0 heterocycles. The minimum Gasteiger partial charge on any atom is -0.370 e. The highest BCUT2D eigenvalue weighted by molar-refractivity contribution is 6.75. The molecule has 2 aromatic rings. The lowest BCUT2D eigenvalue weighted by Gasteiger charge is -2.30. The Morgan fingerprint density at radius 1 is 0.690 bits per heavy atom. The van der Waals surface area contributed by atoms with Gasteiger partial charge in [0.1, 0.15) is 0 Å². The molecule has 2 rings (SSSR count). The standard InChI is InChI=1S/C21H26F4O3Si/c1-4-11-26-29(27-12-5-2,28-13-6-3)16-9-7-15(8-10-16)17-14-18(22)20(24)21(25)19(17)23/h7-10,14H,4-6,11-13H2,1-3H3. The van der Waals surface area contributed by atoms with Gasteiger partial charge >= 0.3 is 8.80 Å². The van der Waals surface area contributed by atoms with Gasteiger partial charge in [0.2, 0.25) is 0 Å². The topological polar surface area (TPSA) is 27.7 Å². The third-order valence-electron chi connectivity index (χ3n) is 4.14. The molecule has 0 saturated heterocycles. The Labute approximate surface area is 170 Å². The molecule has 29 heavy (non-hydrogen) atoms. The average molecular weight is 431 g/mol. The Morgan fingerprint density at radius 2 is 1.17 bits per heavy atom. The first-order valence-electron chi connectivity index (χ1n) is 9.75. The Kier molecular flexibility index (Phi) is 8.82. The van der Waals surface area contributed by atoms with Gasteiger partial charge in [-0.3, -0.25) is 0 Å². The number of rotatable bonds is 11. The second kappa shape index (κ2) is 10.9.